The average Bonchev–Trinajstić information content (AvgIpc) is 2.48. The van der Waals surface area contributed by atoms with E-state index in [-0.39, 0.29) is 18.6 Å². The highest BCUT2D eigenvalue weighted by molar-refractivity contribution is 5.78. The molecule has 0 aliphatic heterocycles. The number of nitrogens with one attached hydrogen (secondary N) is 2. The van der Waals surface area contributed by atoms with Crippen LogP contribution in [0.15, 0.2) is 0 Å². The van der Waals surface area contributed by atoms with Crippen LogP contribution < -0.4 is 10.6 Å². The van der Waals surface area contributed by atoms with Gasteiger partial charge >= 0.3 is 12.0 Å². The van der Waals surface area contributed by atoms with Crippen LogP contribution in [0.3, 0.4) is 0 Å². The van der Waals surface area contributed by atoms with E-state index in [4.69, 9.17) is 0 Å². The van der Waals surface area contributed by atoms with Crippen molar-refractivity contribution < 1.29 is 14.7 Å². The molecule has 0 aromatic carbocycles. The second kappa shape index (κ2) is 7.14. The molecule has 5 heteroatoms. The molecule has 0 bridgehead atoms. The molecule has 0 saturated heterocycles. The Morgan fingerprint density at radius 1 is 1.10 bits per heavy atom. The van der Waals surface area contributed by atoms with E-state index < -0.39 is 11.4 Å². The molecule has 21 heavy (non-hydrogen) atoms. The van der Waals surface area contributed by atoms with Crippen molar-refractivity contribution in [3.05, 3.63) is 0 Å². The first-order valence-electron chi connectivity index (χ1n) is 8.30. The van der Waals surface area contributed by atoms with Gasteiger partial charge in [-0.3, -0.25) is 4.79 Å². The molecule has 2 amide bonds. The minimum atomic E-state index is -0.769. The summed E-state index contributed by atoms with van der Waals surface area (Å²) in [6.07, 6.45) is 8.69. The number of rotatable bonds is 4. The molecule has 5 nitrogen and oxygen atoms in total. The molecular weight excluding hydrogens is 268 g/mol. The molecule has 0 atom stereocenters. The van der Waals surface area contributed by atoms with Gasteiger partial charge in [0.25, 0.3) is 0 Å². The van der Waals surface area contributed by atoms with Gasteiger partial charge in [0, 0.05) is 12.6 Å². The van der Waals surface area contributed by atoms with E-state index in [2.05, 4.69) is 17.6 Å². The molecule has 2 rings (SSSR count). The zero-order valence-corrected chi connectivity index (χ0v) is 13.0. The molecule has 0 aromatic rings. The van der Waals surface area contributed by atoms with E-state index in [0.29, 0.717) is 12.8 Å². The van der Waals surface area contributed by atoms with Crippen molar-refractivity contribution >= 4 is 12.0 Å². The summed E-state index contributed by atoms with van der Waals surface area (Å²) in [4.78, 5) is 23.5. The fourth-order valence-corrected chi connectivity index (χ4v) is 3.59. The van der Waals surface area contributed by atoms with Crippen molar-refractivity contribution in [2.75, 3.05) is 6.54 Å². The first kappa shape index (κ1) is 16.1. The summed E-state index contributed by atoms with van der Waals surface area (Å²) in [6.45, 7) is 2.49. The molecule has 2 saturated carbocycles. The van der Waals surface area contributed by atoms with Crippen molar-refractivity contribution in [2.45, 2.75) is 70.8 Å². The topological polar surface area (TPSA) is 78.4 Å². The Hall–Kier alpha value is -1.26. The van der Waals surface area contributed by atoms with Crippen molar-refractivity contribution in [1.82, 2.24) is 10.6 Å². The maximum absolute atomic E-state index is 12.0. The van der Waals surface area contributed by atoms with Crippen LogP contribution in [0, 0.1) is 11.3 Å². The van der Waals surface area contributed by atoms with E-state index in [1.54, 1.807) is 0 Å². The molecule has 0 spiro atoms. The molecule has 2 fully saturated rings. The standard InChI is InChI=1S/C16H28N2O3/c1-12-5-7-13(8-6-12)18-15(21)17-11-16(14(19)20)9-3-2-4-10-16/h12-13H,2-11H2,1H3,(H,19,20)(H2,17,18,21). The Kier molecular flexibility index (Phi) is 5.48. The highest BCUT2D eigenvalue weighted by Crippen LogP contribution is 2.36. The maximum atomic E-state index is 12.0. The van der Waals surface area contributed by atoms with Crippen LogP contribution in [0.2, 0.25) is 0 Å². The van der Waals surface area contributed by atoms with Crippen molar-refractivity contribution in [1.29, 1.82) is 0 Å². The second-order valence-corrected chi connectivity index (χ2v) is 6.93. The highest BCUT2D eigenvalue weighted by Gasteiger charge is 2.39. The van der Waals surface area contributed by atoms with Crippen LogP contribution in [0.4, 0.5) is 4.79 Å². The minimum Gasteiger partial charge on any atom is -0.481 e. The van der Waals surface area contributed by atoms with Crippen molar-refractivity contribution in [3.8, 4) is 0 Å². The molecule has 0 unspecified atom stereocenters. The van der Waals surface area contributed by atoms with E-state index in [0.717, 1.165) is 50.9 Å². The summed E-state index contributed by atoms with van der Waals surface area (Å²) in [5, 5.41) is 15.3. The molecule has 0 heterocycles. The number of amides is 2. The maximum Gasteiger partial charge on any atom is 0.315 e. The normalized spacial score (nSPS) is 28.6. The third kappa shape index (κ3) is 4.35. The Morgan fingerprint density at radius 3 is 2.29 bits per heavy atom. The van der Waals surface area contributed by atoms with Gasteiger partial charge in [0.2, 0.25) is 0 Å². The van der Waals surface area contributed by atoms with Crippen LogP contribution in [-0.4, -0.2) is 29.7 Å². The lowest BCUT2D eigenvalue weighted by Gasteiger charge is -2.33. The minimum absolute atomic E-state index is 0.208. The zero-order valence-electron chi connectivity index (χ0n) is 13.0. The average molecular weight is 296 g/mol. The van der Waals surface area contributed by atoms with Gasteiger partial charge in [0.15, 0.2) is 0 Å². The molecular formula is C16H28N2O3. The van der Waals surface area contributed by atoms with Crippen molar-refractivity contribution in [3.63, 3.8) is 0 Å². The number of carbonyl (C=O) groups is 2. The first-order chi connectivity index (χ1) is 10.0. The van der Waals surface area contributed by atoms with E-state index in [1.807, 2.05) is 0 Å². The van der Waals surface area contributed by atoms with Gasteiger partial charge in [-0.25, -0.2) is 4.79 Å². The number of carboxylic acid groups (broad SMARTS) is 1. The zero-order chi connectivity index (χ0) is 15.3. The molecule has 0 radical (unpaired) electrons. The Bertz CT molecular complexity index is 370. The fourth-order valence-electron chi connectivity index (χ4n) is 3.59. The number of hydrogen-bond acceptors (Lipinski definition) is 2. The molecule has 0 aromatic heterocycles. The van der Waals surface area contributed by atoms with Gasteiger partial charge in [-0.1, -0.05) is 26.2 Å². The van der Waals surface area contributed by atoms with Gasteiger partial charge in [0.05, 0.1) is 5.41 Å². The lowest BCUT2D eigenvalue weighted by Crippen LogP contribution is -2.49. The Labute approximate surface area is 126 Å². The van der Waals surface area contributed by atoms with Gasteiger partial charge in [-0.05, 0) is 44.4 Å². The van der Waals surface area contributed by atoms with Gasteiger partial charge in [-0.2, -0.15) is 0 Å². The van der Waals surface area contributed by atoms with Crippen LogP contribution in [-0.2, 0) is 4.79 Å². The first-order valence-corrected chi connectivity index (χ1v) is 8.30. The largest absolute Gasteiger partial charge is 0.481 e. The third-order valence-electron chi connectivity index (χ3n) is 5.20. The molecule has 2 aliphatic rings. The quantitative estimate of drug-likeness (QED) is 0.746. The number of carboxylic acids is 1. The Morgan fingerprint density at radius 2 is 1.71 bits per heavy atom. The van der Waals surface area contributed by atoms with Crippen LogP contribution in [0.25, 0.3) is 0 Å². The second-order valence-electron chi connectivity index (χ2n) is 6.93. The van der Waals surface area contributed by atoms with Crippen LogP contribution >= 0.6 is 0 Å². The third-order valence-corrected chi connectivity index (χ3v) is 5.20. The molecule has 3 N–H and O–H groups in total. The predicted molar refractivity (Wildman–Crippen MR) is 81.1 cm³/mol. The fraction of sp³-hybridized carbons (Fsp3) is 0.875. The van der Waals surface area contributed by atoms with Crippen molar-refractivity contribution in [2.24, 2.45) is 11.3 Å². The van der Waals surface area contributed by atoms with E-state index >= 15 is 0 Å². The van der Waals surface area contributed by atoms with Gasteiger partial charge in [0.1, 0.15) is 0 Å². The highest BCUT2D eigenvalue weighted by atomic mass is 16.4. The summed E-state index contributed by atoms with van der Waals surface area (Å²) < 4.78 is 0. The van der Waals surface area contributed by atoms with Crippen LogP contribution in [0.5, 0.6) is 0 Å². The number of urea groups is 1. The summed E-state index contributed by atoms with van der Waals surface area (Å²) in [5.41, 5.74) is -0.753. The van der Waals surface area contributed by atoms with Crippen LogP contribution in [0.1, 0.15) is 64.7 Å². The van der Waals surface area contributed by atoms with Gasteiger partial charge < -0.3 is 15.7 Å². The number of carbonyl (C=O) groups excluding carboxylic acids is 1. The number of aliphatic carboxylic acids is 1. The number of hydrogen-bond donors (Lipinski definition) is 3. The van der Waals surface area contributed by atoms with Gasteiger partial charge in [-0.15, -0.1) is 0 Å². The SMILES string of the molecule is CC1CCC(NC(=O)NCC2(C(=O)O)CCCCC2)CC1. The smallest absolute Gasteiger partial charge is 0.315 e. The molecule has 2 aliphatic carbocycles. The lowest BCUT2D eigenvalue weighted by atomic mass is 9.74. The lowest BCUT2D eigenvalue weighted by molar-refractivity contribution is -0.150. The monoisotopic (exact) mass is 296 g/mol. The Balaban J connectivity index is 1.78. The molecule has 120 valence electrons. The van der Waals surface area contributed by atoms with E-state index in [1.165, 1.54) is 0 Å². The summed E-state index contributed by atoms with van der Waals surface area (Å²) in [7, 11) is 0. The predicted octanol–water partition coefficient (Wildman–Crippen LogP) is 2.90. The summed E-state index contributed by atoms with van der Waals surface area (Å²) in [6, 6.07) is 0.0362. The van der Waals surface area contributed by atoms with E-state index in [9.17, 15) is 14.7 Å². The summed E-state index contributed by atoms with van der Waals surface area (Å²) in [5.74, 6) is -0.0161. The summed E-state index contributed by atoms with van der Waals surface area (Å²) >= 11 is 0.